The largest absolute Gasteiger partial charge is 0.297 e. The Hall–Kier alpha value is -2.10. The predicted molar refractivity (Wildman–Crippen MR) is 59.6 cm³/mol. The number of hydrogen-bond acceptors (Lipinski definition) is 4. The van der Waals surface area contributed by atoms with Crippen molar-refractivity contribution in [3.05, 3.63) is 23.8 Å². The lowest BCUT2D eigenvalue weighted by Crippen LogP contribution is -1.78. The Morgan fingerprint density at radius 3 is 2.33 bits per heavy atom. The average Bonchev–Trinajstić information content (AvgIpc) is 2.25. The Kier molecular flexibility index (Phi) is 4.09. The summed E-state index contributed by atoms with van der Waals surface area (Å²) in [6.45, 7) is 1.86. The molecule has 4 nitrogen and oxygen atoms in total. The molecular weight excluding hydrogens is 192 g/mol. The lowest BCUT2D eigenvalue weighted by molar-refractivity contribution is -0.103. The monoisotopic (exact) mass is 202 g/mol. The van der Waals surface area contributed by atoms with E-state index in [1.54, 1.807) is 18.2 Å². The molecule has 1 rings (SSSR count). The van der Waals surface area contributed by atoms with E-state index in [2.05, 4.69) is 9.98 Å². The zero-order valence-corrected chi connectivity index (χ0v) is 8.25. The van der Waals surface area contributed by atoms with Crippen molar-refractivity contribution in [2.45, 2.75) is 6.92 Å². The third-order valence-electron chi connectivity index (χ3n) is 1.74. The highest BCUT2D eigenvalue weighted by molar-refractivity contribution is 6.14. The van der Waals surface area contributed by atoms with Crippen LogP contribution < -0.4 is 0 Å². The molecule has 0 amide bonds. The summed E-state index contributed by atoms with van der Waals surface area (Å²) in [6, 6.07) is 5.26. The Morgan fingerprint density at radius 2 is 1.73 bits per heavy atom. The highest BCUT2D eigenvalue weighted by Gasteiger charge is 1.96. The number of benzene rings is 1. The van der Waals surface area contributed by atoms with Gasteiger partial charge < -0.3 is 0 Å². The summed E-state index contributed by atoms with van der Waals surface area (Å²) in [7, 11) is 0. The standard InChI is InChI=1S/C11H10N2O2/c1-9-8-10(12-4-6-14)2-3-11(9)13-5-7-15/h2-8H,1H3. The molecule has 0 radical (unpaired) electrons. The predicted octanol–water partition coefficient (Wildman–Crippen LogP) is 1.80. The number of nitrogens with zero attached hydrogens (tertiary/aromatic N) is 2. The summed E-state index contributed by atoms with van der Waals surface area (Å²) in [5.41, 5.74) is 2.30. The van der Waals surface area contributed by atoms with Crippen LogP contribution in [0.4, 0.5) is 11.4 Å². The second kappa shape index (κ2) is 5.59. The van der Waals surface area contributed by atoms with E-state index >= 15 is 0 Å². The van der Waals surface area contributed by atoms with Crippen LogP contribution in [0.2, 0.25) is 0 Å². The maximum Gasteiger partial charge on any atom is 0.161 e. The molecule has 0 saturated carbocycles. The fraction of sp³-hybridized carbons (Fsp3) is 0.0909. The van der Waals surface area contributed by atoms with E-state index in [4.69, 9.17) is 0 Å². The number of carbonyl (C=O) groups is 2. The van der Waals surface area contributed by atoms with E-state index in [-0.39, 0.29) is 0 Å². The molecule has 0 fully saturated rings. The summed E-state index contributed by atoms with van der Waals surface area (Å²) in [5.74, 6) is 0. The first-order chi connectivity index (χ1) is 7.27. The van der Waals surface area contributed by atoms with E-state index < -0.39 is 0 Å². The van der Waals surface area contributed by atoms with Crippen LogP contribution in [0.1, 0.15) is 5.56 Å². The van der Waals surface area contributed by atoms with Crippen LogP contribution in [-0.2, 0) is 9.59 Å². The molecule has 0 aliphatic carbocycles. The molecular formula is C11H10N2O2. The van der Waals surface area contributed by atoms with Gasteiger partial charge in [0.15, 0.2) is 12.6 Å². The smallest absolute Gasteiger partial charge is 0.161 e. The Balaban J connectivity index is 2.97. The molecule has 15 heavy (non-hydrogen) atoms. The quantitative estimate of drug-likeness (QED) is 0.552. The molecule has 76 valence electrons. The van der Waals surface area contributed by atoms with Gasteiger partial charge in [0.05, 0.1) is 23.8 Å². The molecule has 0 aliphatic rings. The first-order valence-corrected chi connectivity index (χ1v) is 4.34. The maximum absolute atomic E-state index is 10.1. The number of hydrogen-bond donors (Lipinski definition) is 0. The Bertz CT molecular complexity index is 423. The number of carbonyl (C=O) groups excluding carboxylic acids is 2. The summed E-state index contributed by atoms with van der Waals surface area (Å²) in [4.78, 5) is 28.0. The maximum atomic E-state index is 10.1. The zero-order chi connectivity index (χ0) is 11.1. The number of rotatable bonds is 4. The highest BCUT2D eigenvalue weighted by atomic mass is 16.1. The van der Waals surface area contributed by atoms with Crippen molar-refractivity contribution < 1.29 is 9.59 Å². The molecule has 0 saturated heterocycles. The van der Waals surface area contributed by atoms with Crippen LogP contribution in [-0.4, -0.2) is 25.0 Å². The lowest BCUT2D eigenvalue weighted by atomic mass is 10.2. The Morgan fingerprint density at radius 1 is 1.07 bits per heavy atom. The molecule has 4 heteroatoms. The second-order valence-corrected chi connectivity index (χ2v) is 2.80. The van der Waals surface area contributed by atoms with Gasteiger partial charge in [0, 0.05) is 0 Å². The topological polar surface area (TPSA) is 58.9 Å². The van der Waals surface area contributed by atoms with Crippen molar-refractivity contribution in [1.29, 1.82) is 0 Å². The van der Waals surface area contributed by atoms with Crippen LogP contribution in [0.25, 0.3) is 0 Å². The number of aliphatic imine (C=N–C) groups is 2. The van der Waals surface area contributed by atoms with Gasteiger partial charge in [0.25, 0.3) is 0 Å². The minimum atomic E-state index is 0.619. The molecule has 0 aliphatic heterocycles. The molecule has 0 N–H and O–H groups in total. The van der Waals surface area contributed by atoms with Gasteiger partial charge in [0.1, 0.15) is 0 Å². The summed E-state index contributed by atoms with van der Waals surface area (Å²) >= 11 is 0. The van der Waals surface area contributed by atoms with E-state index in [1.165, 1.54) is 12.4 Å². The van der Waals surface area contributed by atoms with E-state index in [9.17, 15) is 9.59 Å². The first-order valence-electron chi connectivity index (χ1n) is 4.34. The van der Waals surface area contributed by atoms with Gasteiger partial charge in [-0.15, -0.1) is 0 Å². The first kappa shape index (κ1) is 11.0. The van der Waals surface area contributed by atoms with Gasteiger partial charge in [0.2, 0.25) is 0 Å². The van der Waals surface area contributed by atoms with Crippen molar-refractivity contribution >= 4 is 36.4 Å². The van der Waals surface area contributed by atoms with Gasteiger partial charge in [-0.25, -0.2) is 0 Å². The van der Waals surface area contributed by atoms with Crippen molar-refractivity contribution in [1.82, 2.24) is 0 Å². The zero-order valence-electron chi connectivity index (χ0n) is 8.25. The summed E-state index contributed by atoms with van der Waals surface area (Å²) < 4.78 is 0. The van der Waals surface area contributed by atoms with Gasteiger partial charge in [-0.1, -0.05) is 0 Å². The average molecular weight is 202 g/mol. The number of aryl methyl sites for hydroxylation is 1. The molecule has 0 bridgehead atoms. The van der Waals surface area contributed by atoms with Crippen LogP contribution in [0.3, 0.4) is 0 Å². The SMILES string of the molecule is Cc1cc(N=CC=O)ccc1N=CC=O. The molecule has 0 unspecified atom stereocenters. The van der Waals surface area contributed by atoms with E-state index in [0.717, 1.165) is 5.56 Å². The molecule has 0 spiro atoms. The van der Waals surface area contributed by atoms with Gasteiger partial charge in [-0.3, -0.25) is 19.6 Å². The molecule has 1 aromatic carbocycles. The van der Waals surface area contributed by atoms with Crippen molar-refractivity contribution in [3.8, 4) is 0 Å². The van der Waals surface area contributed by atoms with Gasteiger partial charge in [-0.2, -0.15) is 0 Å². The van der Waals surface area contributed by atoms with Crippen LogP contribution in [0.5, 0.6) is 0 Å². The fourth-order valence-electron chi connectivity index (χ4n) is 1.09. The highest BCUT2D eigenvalue weighted by Crippen LogP contribution is 2.23. The third-order valence-corrected chi connectivity index (χ3v) is 1.74. The van der Waals surface area contributed by atoms with Crippen molar-refractivity contribution in [2.75, 3.05) is 0 Å². The van der Waals surface area contributed by atoms with Crippen LogP contribution in [0.15, 0.2) is 28.2 Å². The minimum Gasteiger partial charge on any atom is -0.297 e. The lowest BCUT2D eigenvalue weighted by Gasteiger charge is -1.99. The van der Waals surface area contributed by atoms with E-state index in [1.807, 2.05) is 6.92 Å². The summed E-state index contributed by atoms with van der Waals surface area (Å²) in [6.07, 6.45) is 3.62. The second-order valence-electron chi connectivity index (χ2n) is 2.80. The van der Waals surface area contributed by atoms with Crippen molar-refractivity contribution in [3.63, 3.8) is 0 Å². The molecule has 1 aromatic rings. The van der Waals surface area contributed by atoms with E-state index in [0.29, 0.717) is 23.9 Å². The van der Waals surface area contributed by atoms with Crippen LogP contribution >= 0.6 is 0 Å². The minimum absolute atomic E-state index is 0.619. The molecule has 0 atom stereocenters. The van der Waals surface area contributed by atoms with Gasteiger partial charge >= 0.3 is 0 Å². The number of aldehydes is 2. The fourth-order valence-corrected chi connectivity index (χ4v) is 1.09. The Labute approximate surface area is 87.4 Å². The normalized spacial score (nSPS) is 11.0. The van der Waals surface area contributed by atoms with Crippen LogP contribution in [0, 0.1) is 6.92 Å². The van der Waals surface area contributed by atoms with Gasteiger partial charge in [-0.05, 0) is 30.7 Å². The molecule has 0 heterocycles. The molecule has 0 aromatic heterocycles. The van der Waals surface area contributed by atoms with Crippen molar-refractivity contribution in [2.24, 2.45) is 9.98 Å². The third kappa shape index (κ3) is 3.27. The summed E-state index contributed by atoms with van der Waals surface area (Å²) in [5, 5.41) is 0.